The van der Waals surface area contributed by atoms with Gasteiger partial charge in [-0.05, 0) is 49.2 Å². The van der Waals surface area contributed by atoms with Crippen molar-refractivity contribution in [3.05, 3.63) is 136 Å². The van der Waals surface area contributed by atoms with Crippen LogP contribution >= 0.6 is 22.9 Å². The van der Waals surface area contributed by atoms with E-state index in [9.17, 15) is 0 Å². The van der Waals surface area contributed by atoms with Gasteiger partial charge in [0, 0.05) is 27.4 Å². The van der Waals surface area contributed by atoms with E-state index in [0.717, 1.165) is 55.6 Å². The van der Waals surface area contributed by atoms with Crippen LogP contribution in [0.2, 0.25) is 5.02 Å². The number of hydrogen-bond donors (Lipinski definition) is 1. The Morgan fingerprint density at radius 1 is 0.775 bits per heavy atom. The zero-order valence-corrected chi connectivity index (χ0v) is 23.6. The Bertz CT molecular complexity index is 1850. The minimum absolute atomic E-state index is 0.674. The third-order valence-electron chi connectivity index (χ3n) is 6.61. The fourth-order valence-corrected chi connectivity index (χ4v) is 5.74. The van der Waals surface area contributed by atoms with Crippen molar-refractivity contribution < 1.29 is 0 Å². The molecule has 0 atom stereocenters. The van der Waals surface area contributed by atoms with Gasteiger partial charge in [-0.1, -0.05) is 114 Å². The lowest BCUT2D eigenvalue weighted by molar-refractivity contribution is 0.824. The number of nitrogens with zero attached hydrogens (tertiary/aromatic N) is 4. The van der Waals surface area contributed by atoms with Gasteiger partial charge in [0.15, 0.2) is 0 Å². The van der Waals surface area contributed by atoms with Crippen LogP contribution in [0.4, 0.5) is 0 Å². The van der Waals surface area contributed by atoms with Gasteiger partial charge >= 0.3 is 0 Å². The van der Waals surface area contributed by atoms with E-state index in [4.69, 9.17) is 26.9 Å². The van der Waals surface area contributed by atoms with Crippen LogP contribution in [0.25, 0.3) is 38.6 Å². The molecule has 7 heteroatoms. The Morgan fingerprint density at radius 2 is 1.38 bits per heavy atom. The number of aromatic amines is 1. The molecular weight excluding hydrogens is 534 g/mol. The molecule has 4 aromatic carbocycles. The van der Waals surface area contributed by atoms with Gasteiger partial charge in [-0.25, -0.2) is 4.68 Å². The molecule has 2 heterocycles. The molecule has 0 amide bonds. The van der Waals surface area contributed by atoms with E-state index in [-0.39, 0.29) is 0 Å². The fourth-order valence-electron chi connectivity index (χ4n) is 4.75. The largest absolute Gasteiger partial charge is 0.358 e. The van der Waals surface area contributed by atoms with Gasteiger partial charge in [-0.15, -0.1) is 5.10 Å². The molecular formula is C33H26ClN5S. The number of hydrogen-bond acceptors (Lipinski definition) is 4. The summed E-state index contributed by atoms with van der Waals surface area (Å²) in [5.41, 5.74) is 9.21. The number of aryl methyl sites for hydroxylation is 1. The van der Waals surface area contributed by atoms with Crippen LogP contribution in [0.5, 0.6) is 0 Å². The fraction of sp³-hybridized carbons (Fsp3) is 0.0606. The third kappa shape index (κ3) is 5.19. The highest BCUT2D eigenvalue weighted by Crippen LogP contribution is 2.37. The summed E-state index contributed by atoms with van der Waals surface area (Å²) >= 11 is 7.61. The maximum Gasteiger partial charge on any atom is 0.233 e. The molecule has 2 aromatic heterocycles. The molecule has 0 unspecified atom stereocenters. The third-order valence-corrected chi connectivity index (χ3v) is 7.81. The summed E-state index contributed by atoms with van der Waals surface area (Å²) in [5, 5.41) is 15.9. The lowest BCUT2D eigenvalue weighted by atomic mass is 9.95. The predicted molar refractivity (Wildman–Crippen MR) is 166 cm³/mol. The van der Waals surface area contributed by atoms with Crippen LogP contribution in [-0.2, 0) is 0 Å². The molecule has 0 aliphatic rings. The van der Waals surface area contributed by atoms with Crippen LogP contribution in [0.15, 0.2) is 125 Å². The Labute approximate surface area is 241 Å². The minimum Gasteiger partial charge on any atom is -0.358 e. The van der Waals surface area contributed by atoms with Crippen molar-refractivity contribution in [2.75, 3.05) is 0 Å². The molecule has 0 aliphatic carbocycles. The topological polar surface area (TPSA) is 58.3 Å². The minimum atomic E-state index is 0.674. The molecule has 1 N–H and O–H groups in total. The summed E-state index contributed by atoms with van der Waals surface area (Å²) in [6.07, 6.45) is 0. The highest BCUT2D eigenvalue weighted by molar-refractivity contribution is 7.12. The van der Waals surface area contributed by atoms with Gasteiger partial charge in [0.1, 0.15) is 5.01 Å². The maximum atomic E-state index is 6.12. The summed E-state index contributed by atoms with van der Waals surface area (Å²) in [4.78, 5) is 4.30. The van der Waals surface area contributed by atoms with E-state index in [1.54, 1.807) is 0 Å². The van der Waals surface area contributed by atoms with Gasteiger partial charge in [-0.2, -0.15) is 10.2 Å². The summed E-state index contributed by atoms with van der Waals surface area (Å²) < 4.78 is 1.84. The number of nitrogens with one attached hydrogen (secondary N) is 1. The normalized spacial score (nSPS) is 12.2. The van der Waals surface area contributed by atoms with Crippen molar-refractivity contribution in [3.8, 4) is 38.6 Å². The highest BCUT2D eigenvalue weighted by atomic mass is 35.5. The average molecular weight is 560 g/mol. The molecule has 0 saturated carbocycles. The Hall–Kier alpha value is -4.52. The first-order valence-electron chi connectivity index (χ1n) is 12.9. The number of aromatic nitrogens is 3. The van der Waals surface area contributed by atoms with Crippen LogP contribution in [0, 0.1) is 6.92 Å². The highest BCUT2D eigenvalue weighted by Gasteiger charge is 2.20. The van der Waals surface area contributed by atoms with Crippen LogP contribution < -0.4 is 4.80 Å². The van der Waals surface area contributed by atoms with E-state index in [0.29, 0.717) is 9.82 Å². The van der Waals surface area contributed by atoms with E-state index >= 15 is 0 Å². The molecule has 5 nitrogen and oxygen atoms in total. The monoisotopic (exact) mass is 559 g/mol. The first-order valence-corrected chi connectivity index (χ1v) is 14.1. The summed E-state index contributed by atoms with van der Waals surface area (Å²) in [6, 6.07) is 38.5. The number of H-pyrrole nitrogens is 1. The summed E-state index contributed by atoms with van der Waals surface area (Å²) in [7, 11) is 0. The van der Waals surface area contributed by atoms with Crippen molar-refractivity contribution in [2.24, 2.45) is 10.2 Å². The van der Waals surface area contributed by atoms with Crippen LogP contribution in [-0.4, -0.2) is 20.5 Å². The number of benzene rings is 4. The van der Waals surface area contributed by atoms with Crippen molar-refractivity contribution >= 4 is 28.6 Å². The van der Waals surface area contributed by atoms with Gasteiger partial charge in [0.2, 0.25) is 4.80 Å². The molecule has 0 aliphatic heterocycles. The Balaban J connectivity index is 1.51. The second-order valence-electron chi connectivity index (χ2n) is 9.34. The number of halogens is 1. The van der Waals surface area contributed by atoms with E-state index in [2.05, 4.69) is 60.4 Å². The zero-order valence-electron chi connectivity index (χ0n) is 22.0. The quantitative estimate of drug-likeness (QED) is 0.161. The smallest absolute Gasteiger partial charge is 0.233 e. The van der Waals surface area contributed by atoms with E-state index < -0.39 is 0 Å². The molecule has 6 aromatic rings. The molecule has 196 valence electrons. The predicted octanol–water partition coefficient (Wildman–Crippen LogP) is 8.55. The standard InChI is InChI=1S/C33H26ClN5S/c1-22-29(30(24-12-6-3-7-13-24)31(35-22)25-14-8-4-9-15-25)23(2)36-37-33-39(28-16-10-5-11-17-28)38-32(40-33)26-18-20-27(34)21-19-26/h3-21,35H,1-2H3. The lowest BCUT2D eigenvalue weighted by Crippen LogP contribution is -2.14. The van der Waals surface area contributed by atoms with Gasteiger partial charge in [-0.3, -0.25) is 0 Å². The molecule has 6 rings (SSSR count). The van der Waals surface area contributed by atoms with Crippen molar-refractivity contribution in [3.63, 3.8) is 0 Å². The molecule has 40 heavy (non-hydrogen) atoms. The second kappa shape index (κ2) is 11.3. The molecule has 0 fully saturated rings. The SMILES string of the molecule is CC(=NN=c1sc(-c2ccc(Cl)cc2)nn1-c1ccccc1)c1c(C)[nH]c(-c2ccccc2)c1-c1ccccc1. The Kier molecular flexibility index (Phi) is 7.27. The van der Waals surface area contributed by atoms with E-state index in [1.807, 2.05) is 78.3 Å². The lowest BCUT2D eigenvalue weighted by Gasteiger charge is -2.08. The first-order chi connectivity index (χ1) is 19.6. The number of rotatable bonds is 6. The van der Waals surface area contributed by atoms with Gasteiger partial charge in [0.25, 0.3) is 0 Å². The summed E-state index contributed by atoms with van der Waals surface area (Å²) in [5.74, 6) is 0. The molecule has 0 spiro atoms. The molecule has 0 radical (unpaired) electrons. The van der Waals surface area contributed by atoms with E-state index in [1.165, 1.54) is 11.3 Å². The molecule has 0 bridgehead atoms. The van der Waals surface area contributed by atoms with Gasteiger partial charge < -0.3 is 4.98 Å². The van der Waals surface area contributed by atoms with Crippen molar-refractivity contribution in [2.45, 2.75) is 13.8 Å². The average Bonchev–Trinajstić information content (AvgIpc) is 3.59. The summed E-state index contributed by atoms with van der Waals surface area (Å²) in [6.45, 7) is 4.09. The zero-order chi connectivity index (χ0) is 27.5. The van der Waals surface area contributed by atoms with Crippen LogP contribution in [0.1, 0.15) is 18.2 Å². The van der Waals surface area contributed by atoms with Crippen molar-refractivity contribution in [1.82, 2.24) is 14.8 Å². The number of para-hydroxylation sites is 1. The maximum absolute atomic E-state index is 6.12. The second-order valence-corrected chi connectivity index (χ2v) is 10.7. The van der Waals surface area contributed by atoms with Crippen molar-refractivity contribution in [1.29, 1.82) is 0 Å². The Morgan fingerprint density at radius 3 is 2.02 bits per heavy atom. The first kappa shape index (κ1) is 25.7. The molecule has 0 saturated heterocycles. The van der Waals surface area contributed by atoms with Gasteiger partial charge in [0.05, 0.1) is 17.1 Å². The van der Waals surface area contributed by atoms with Crippen LogP contribution in [0.3, 0.4) is 0 Å².